The van der Waals surface area contributed by atoms with Crippen molar-refractivity contribution in [1.82, 2.24) is 5.32 Å². The third kappa shape index (κ3) is 7.35. The molecule has 2 heterocycles. The van der Waals surface area contributed by atoms with Gasteiger partial charge in [0.15, 0.2) is 5.76 Å². The normalized spacial score (nSPS) is 16.7. The highest BCUT2D eigenvalue weighted by Crippen LogP contribution is 2.29. The molecule has 1 aliphatic rings. The number of piperidine rings is 1. The third-order valence-corrected chi connectivity index (χ3v) is 5.95. The van der Waals surface area contributed by atoms with Crippen molar-refractivity contribution >= 4 is 11.9 Å². The number of rotatable bonds is 8. The van der Waals surface area contributed by atoms with Crippen molar-refractivity contribution in [3.8, 4) is 0 Å². The van der Waals surface area contributed by atoms with Gasteiger partial charge in [-0.2, -0.15) is 0 Å². The van der Waals surface area contributed by atoms with Crippen LogP contribution < -0.4 is 29.3 Å². The van der Waals surface area contributed by atoms with Crippen LogP contribution in [-0.4, -0.2) is 55.7 Å². The summed E-state index contributed by atoms with van der Waals surface area (Å²) in [5.74, 6) is 0.538. The van der Waals surface area contributed by atoms with Crippen molar-refractivity contribution in [1.29, 1.82) is 0 Å². The highest BCUT2D eigenvalue weighted by molar-refractivity contribution is 5.92. The number of nitrogens with zero attached hydrogens (tertiary/aromatic N) is 1. The standard InChI is InChI=1S/C24H32N2O4.HI/c1-4-29-22(27)18-24(14-16-26(2,3)17-15-24)25-23(28)21-13-12-20(30-21)11-10-19-8-6-5-7-9-19;/h5-9,12-13H,4,10-11,14-18H2,1-3H3;1H. The monoisotopic (exact) mass is 540 g/mol. The second-order valence-electron chi connectivity index (χ2n) is 8.85. The number of amides is 1. The van der Waals surface area contributed by atoms with Gasteiger partial charge in [-0.15, -0.1) is 0 Å². The molecule has 1 saturated heterocycles. The quantitative estimate of drug-likeness (QED) is 0.299. The minimum absolute atomic E-state index is 0. The highest BCUT2D eigenvalue weighted by atomic mass is 127. The zero-order valence-corrected chi connectivity index (χ0v) is 20.8. The number of aryl methyl sites for hydroxylation is 2. The smallest absolute Gasteiger partial charge is 0.308 e. The van der Waals surface area contributed by atoms with E-state index < -0.39 is 5.54 Å². The van der Waals surface area contributed by atoms with E-state index in [0.717, 1.165) is 49.0 Å². The average Bonchev–Trinajstić information content (AvgIpc) is 3.19. The maximum atomic E-state index is 12.9. The Bertz CT molecular complexity index is 853. The zero-order chi connectivity index (χ0) is 21.6. The van der Waals surface area contributed by atoms with E-state index in [1.54, 1.807) is 13.0 Å². The number of furan rings is 1. The lowest BCUT2D eigenvalue weighted by Gasteiger charge is -2.44. The Balaban J connectivity index is 0.00000341. The summed E-state index contributed by atoms with van der Waals surface area (Å²) in [6.45, 7) is 3.91. The summed E-state index contributed by atoms with van der Waals surface area (Å²) >= 11 is 0. The summed E-state index contributed by atoms with van der Waals surface area (Å²) in [7, 11) is 4.34. The summed E-state index contributed by atoms with van der Waals surface area (Å²) in [5.41, 5.74) is 0.643. The number of hydrogen-bond acceptors (Lipinski definition) is 4. The van der Waals surface area contributed by atoms with E-state index in [9.17, 15) is 9.59 Å². The molecule has 0 aliphatic carbocycles. The summed E-state index contributed by atoms with van der Waals surface area (Å²) in [4.78, 5) is 25.2. The predicted octanol–water partition coefficient (Wildman–Crippen LogP) is 0.361. The zero-order valence-electron chi connectivity index (χ0n) is 18.7. The van der Waals surface area contributed by atoms with Crippen LogP contribution in [-0.2, 0) is 22.4 Å². The van der Waals surface area contributed by atoms with Crippen LogP contribution >= 0.6 is 0 Å². The van der Waals surface area contributed by atoms with Gasteiger partial charge in [-0.3, -0.25) is 9.59 Å². The summed E-state index contributed by atoms with van der Waals surface area (Å²) in [6, 6.07) is 13.8. The fourth-order valence-corrected chi connectivity index (χ4v) is 3.95. The molecule has 6 nitrogen and oxygen atoms in total. The topological polar surface area (TPSA) is 68.5 Å². The van der Waals surface area contributed by atoms with Crippen LogP contribution in [0.3, 0.4) is 0 Å². The second kappa shape index (κ2) is 11.1. The molecule has 0 bridgehead atoms. The Labute approximate surface area is 201 Å². The van der Waals surface area contributed by atoms with Crippen molar-refractivity contribution < 1.29 is 47.2 Å². The van der Waals surface area contributed by atoms with Crippen LogP contribution in [0.2, 0.25) is 0 Å². The number of quaternary nitrogens is 1. The van der Waals surface area contributed by atoms with Gasteiger partial charge in [0.05, 0.1) is 45.8 Å². The molecule has 0 atom stereocenters. The van der Waals surface area contributed by atoms with Gasteiger partial charge in [0.1, 0.15) is 5.76 Å². The molecule has 1 aromatic carbocycles. The van der Waals surface area contributed by atoms with E-state index in [2.05, 4.69) is 31.5 Å². The van der Waals surface area contributed by atoms with E-state index in [1.807, 2.05) is 24.3 Å². The lowest BCUT2D eigenvalue weighted by atomic mass is 9.83. The number of halogens is 1. The molecule has 3 rings (SSSR count). The van der Waals surface area contributed by atoms with Crippen molar-refractivity contribution in [2.75, 3.05) is 33.8 Å². The first-order valence-electron chi connectivity index (χ1n) is 10.7. The third-order valence-electron chi connectivity index (χ3n) is 5.95. The molecule has 31 heavy (non-hydrogen) atoms. The van der Waals surface area contributed by atoms with Crippen LogP contribution in [0.1, 0.15) is 48.1 Å². The van der Waals surface area contributed by atoms with Gasteiger partial charge in [0.2, 0.25) is 0 Å². The Morgan fingerprint density at radius 2 is 1.74 bits per heavy atom. The number of hydrogen-bond donors (Lipinski definition) is 1. The molecule has 1 N–H and O–H groups in total. The predicted molar refractivity (Wildman–Crippen MR) is 115 cm³/mol. The first-order valence-corrected chi connectivity index (χ1v) is 10.7. The number of nitrogens with one attached hydrogen (secondary N) is 1. The summed E-state index contributed by atoms with van der Waals surface area (Å²) in [5, 5.41) is 3.12. The lowest BCUT2D eigenvalue weighted by Crippen LogP contribution is -3.00. The van der Waals surface area contributed by atoms with Gasteiger partial charge < -0.3 is 42.9 Å². The van der Waals surface area contributed by atoms with E-state index in [-0.39, 0.29) is 42.3 Å². The lowest BCUT2D eigenvalue weighted by molar-refractivity contribution is -0.896. The molecule has 2 aromatic rings. The van der Waals surface area contributed by atoms with Gasteiger partial charge >= 0.3 is 5.97 Å². The Morgan fingerprint density at radius 3 is 2.39 bits per heavy atom. The van der Waals surface area contributed by atoms with Crippen LogP contribution in [0.5, 0.6) is 0 Å². The maximum absolute atomic E-state index is 12.9. The van der Waals surface area contributed by atoms with Crippen molar-refractivity contribution in [2.24, 2.45) is 0 Å². The molecule has 0 radical (unpaired) electrons. The average molecular weight is 540 g/mol. The number of carbonyl (C=O) groups is 2. The molecule has 1 aliphatic heterocycles. The number of ether oxygens (including phenoxy) is 1. The molecule has 0 saturated carbocycles. The largest absolute Gasteiger partial charge is 1.00 e. The summed E-state index contributed by atoms with van der Waals surface area (Å²) < 4.78 is 11.9. The Morgan fingerprint density at radius 1 is 1.06 bits per heavy atom. The molecule has 170 valence electrons. The highest BCUT2D eigenvalue weighted by Gasteiger charge is 2.42. The van der Waals surface area contributed by atoms with Crippen molar-refractivity contribution in [3.05, 3.63) is 59.5 Å². The fraction of sp³-hybridized carbons (Fsp3) is 0.500. The SMILES string of the molecule is CCOC(=O)CC1(NC(=O)c2ccc(CCc3ccccc3)o2)CC[N+](C)(C)CC1.[I-]. The second-order valence-corrected chi connectivity index (χ2v) is 8.85. The first kappa shape index (κ1) is 25.4. The van der Waals surface area contributed by atoms with Crippen LogP contribution in [0.15, 0.2) is 46.9 Å². The van der Waals surface area contributed by atoms with Crippen LogP contribution in [0.4, 0.5) is 0 Å². The van der Waals surface area contributed by atoms with Gasteiger partial charge in [0.25, 0.3) is 5.91 Å². The molecule has 1 fully saturated rings. The van der Waals surface area contributed by atoms with E-state index in [0.29, 0.717) is 12.4 Å². The number of carbonyl (C=O) groups excluding carboxylic acids is 2. The summed E-state index contributed by atoms with van der Waals surface area (Å²) in [6.07, 6.45) is 3.23. The van der Waals surface area contributed by atoms with E-state index in [1.165, 1.54) is 5.56 Å². The number of esters is 1. The van der Waals surface area contributed by atoms with Crippen LogP contribution in [0.25, 0.3) is 0 Å². The minimum Gasteiger partial charge on any atom is -1.00 e. The van der Waals surface area contributed by atoms with Crippen molar-refractivity contribution in [2.45, 2.75) is 44.6 Å². The molecular weight excluding hydrogens is 507 g/mol. The van der Waals surface area contributed by atoms with Gasteiger partial charge in [0, 0.05) is 19.3 Å². The van der Waals surface area contributed by atoms with E-state index >= 15 is 0 Å². The Hall–Kier alpha value is -1.87. The van der Waals surface area contributed by atoms with Gasteiger partial charge in [-0.05, 0) is 31.0 Å². The molecule has 1 amide bonds. The Kier molecular flexibility index (Phi) is 9.12. The number of likely N-dealkylation sites (tertiary alicyclic amines) is 1. The first-order chi connectivity index (χ1) is 14.3. The molecule has 0 spiro atoms. The van der Waals surface area contributed by atoms with Crippen LogP contribution in [0, 0.1) is 0 Å². The van der Waals surface area contributed by atoms with Gasteiger partial charge in [-0.25, -0.2) is 0 Å². The molecule has 1 aromatic heterocycles. The minimum atomic E-state index is -0.589. The molecular formula is C24H33IN2O4. The number of benzene rings is 1. The molecule has 7 heteroatoms. The fourth-order valence-electron chi connectivity index (χ4n) is 3.95. The maximum Gasteiger partial charge on any atom is 0.308 e. The van der Waals surface area contributed by atoms with Gasteiger partial charge in [-0.1, -0.05) is 30.3 Å². The van der Waals surface area contributed by atoms with E-state index in [4.69, 9.17) is 9.15 Å². The molecule has 0 unspecified atom stereocenters. The van der Waals surface area contributed by atoms with Crippen molar-refractivity contribution in [3.63, 3.8) is 0 Å².